The second-order valence-corrected chi connectivity index (χ2v) is 6.96. The Morgan fingerprint density at radius 1 is 1.40 bits per heavy atom. The molecule has 0 amide bonds. The van der Waals surface area contributed by atoms with Crippen LogP contribution in [0, 0.1) is 5.41 Å². The van der Waals surface area contributed by atoms with Crippen molar-refractivity contribution in [1.82, 2.24) is 5.32 Å². The highest BCUT2D eigenvalue weighted by atomic mass is 32.2. The van der Waals surface area contributed by atoms with E-state index in [1.807, 2.05) is 7.11 Å². The number of hydrogen-bond donors (Lipinski definition) is 1. The first-order chi connectivity index (χ1) is 7.05. The van der Waals surface area contributed by atoms with E-state index in [0.29, 0.717) is 17.6 Å². The van der Waals surface area contributed by atoms with Crippen molar-refractivity contribution in [3.63, 3.8) is 0 Å². The average molecular weight is 229 g/mol. The van der Waals surface area contributed by atoms with Crippen LogP contribution < -0.4 is 5.32 Å². The molecule has 0 aromatic carbocycles. The molecule has 2 aliphatic rings. The number of methoxy groups -OCH3 is 1. The molecule has 1 N–H and O–H groups in total. The average Bonchev–Trinajstić information content (AvgIpc) is 2.58. The van der Waals surface area contributed by atoms with Gasteiger partial charge in [-0.1, -0.05) is 20.8 Å². The molecule has 0 spiro atoms. The van der Waals surface area contributed by atoms with Crippen molar-refractivity contribution in [2.24, 2.45) is 5.41 Å². The van der Waals surface area contributed by atoms with Crippen LogP contribution in [0.1, 0.15) is 33.6 Å². The fourth-order valence-corrected chi connectivity index (χ4v) is 3.99. The zero-order valence-corrected chi connectivity index (χ0v) is 11.1. The maximum Gasteiger partial charge on any atom is 0.0652 e. The number of nitrogens with one attached hydrogen (secondary N) is 1. The van der Waals surface area contributed by atoms with Crippen LogP contribution in [0.4, 0.5) is 0 Å². The Kier molecular flexibility index (Phi) is 3.34. The van der Waals surface area contributed by atoms with E-state index < -0.39 is 0 Å². The van der Waals surface area contributed by atoms with E-state index >= 15 is 0 Å². The van der Waals surface area contributed by atoms with Gasteiger partial charge in [-0.25, -0.2) is 0 Å². The van der Waals surface area contributed by atoms with Gasteiger partial charge in [0.15, 0.2) is 0 Å². The normalized spacial score (nSPS) is 44.0. The Labute approximate surface area is 97.5 Å². The summed E-state index contributed by atoms with van der Waals surface area (Å²) in [6, 6.07) is 1.37. The number of thioether (sulfide) groups is 1. The van der Waals surface area contributed by atoms with Crippen molar-refractivity contribution in [3.05, 3.63) is 0 Å². The minimum absolute atomic E-state index is 0.307. The van der Waals surface area contributed by atoms with Gasteiger partial charge in [0.2, 0.25) is 0 Å². The molecule has 1 saturated heterocycles. The van der Waals surface area contributed by atoms with Gasteiger partial charge in [-0.05, 0) is 18.6 Å². The molecule has 1 heterocycles. The van der Waals surface area contributed by atoms with Crippen molar-refractivity contribution >= 4 is 11.8 Å². The highest BCUT2D eigenvalue weighted by Crippen LogP contribution is 2.43. The fraction of sp³-hybridized carbons (Fsp3) is 1.00. The zero-order valence-electron chi connectivity index (χ0n) is 10.2. The molecule has 3 heteroatoms. The second kappa shape index (κ2) is 4.27. The van der Waals surface area contributed by atoms with Crippen LogP contribution in [0.25, 0.3) is 0 Å². The maximum atomic E-state index is 5.48. The minimum Gasteiger partial charge on any atom is -0.381 e. The number of ether oxygens (including phenoxy) is 1. The topological polar surface area (TPSA) is 21.3 Å². The van der Waals surface area contributed by atoms with Crippen molar-refractivity contribution < 1.29 is 4.74 Å². The molecule has 4 atom stereocenters. The van der Waals surface area contributed by atoms with Gasteiger partial charge in [-0.3, -0.25) is 0 Å². The van der Waals surface area contributed by atoms with Crippen molar-refractivity contribution in [1.29, 1.82) is 0 Å². The lowest BCUT2D eigenvalue weighted by Gasteiger charge is -2.52. The summed E-state index contributed by atoms with van der Waals surface area (Å²) in [6.45, 7) is 6.97. The summed E-state index contributed by atoms with van der Waals surface area (Å²) in [7, 11) is 1.83. The van der Waals surface area contributed by atoms with E-state index in [1.54, 1.807) is 0 Å². The summed E-state index contributed by atoms with van der Waals surface area (Å²) < 4.78 is 5.48. The minimum atomic E-state index is 0.307. The molecule has 1 aliphatic heterocycles. The molecule has 0 aromatic heterocycles. The first kappa shape index (κ1) is 11.7. The van der Waals surface area contributed by atoms with Gasteiger partial charge in [0, 0.05) is 29.9 Å². The van der Waals surface area contributed by atoms with Gasteiger partial charge in [-0.2, -0.15) is 11.8 Å². The fourth-order valence-electron chi connectivity index (χ4n) is 2.78. The molecule has 0 aromatic rings. The predicted molar refractivity (Wildman–Crippen MR) is 66.4 cm³/mol. The molecule has 2 fully saturated rings. The molecule has 2 nitrogen and oxygen atoms in total. The predicted octanol–water partition coefficient (Wildman–Crippen LogP) is 2.28. The van der Waals surface area contributed by atoms with E-state index in [1.165, 1.54) is 18.6 Å². The van der Waals surface area contributed by atoms with Gasteiger partial charge in [0.25, 0.3) is 0 Å². The van der Waals surface area contributed by atoms with Crippen LogP contribution in [-0.2, 0) is 4.74 Å². The summed E-state index contributed by atoms with van der Waals surface area (Å²) >= 11 is 2.09. The summed E-state index contributed by atoms with van der Waals surface area (Å²) in [5.74, 6) is 1.32. The van der Waals surface area contributed by atoms with E-state index in [2.05, 4.69) is 37.8 Å². The molecule has 0 bridgehead atoms. The van der Waals surface area contributed by atoms with Crippen LogP contribution in [0.15, 0.2) is 0 Å². The Morgan fingerprint density at radius 3 is 2.60 bits per heavy atom. The largest absolute Gasteiger partial charge is 0.381 e. The Morgan fingerprint density at radius 2 is 2.13 bits per heavy atom. The van der Waals surface area contributed by atoms with Crippen molar-refractivity contribution in [2.75, 3.05) is 12.9 Å². The first-order valence-electron chi connectivity index (χ1n) is 5.96. The third-order valence-electron chi connectivity index (χ3n) is 4.25. The maximum absolute atomic E-state index is 5.48. The molecule has 15 heavy (non-hydrogen) atoms. The Bertz CT molecular complexity index is 232. The molecular weight excluding hydrogens is 206 g/mol. The van der Waals surface area contributed by atoms with E-state index in [-0.39, 0.29) is 0 Å². The van der Waals surface area contributed by atoms with Crippen LogP contribution in [0.3, 0.4) is 0 Å². The SMILES string of the molecule is COC1CC(NC2CCSC2C)C1(C)C. The van der Waals surface area contributed by atoms with Gasteiger partial charge in [-0.15, -0.1) is 0 Å². The number of rotatable bonds is 3. The summed E-state index contributed by atoms with van der Waals surface area (Å²) in [4.78, 5) is 0. The smallest absolute Gasteiger partial charge is 0.0652 e. The van der Waals surface area contributed by atoms with Gasteiger partial charge in [0.05, 0.1) is 6.10 Å². The molecular formula is C12H23NOS. The standard InChI is InChI=1S/C12H23NOS/c1-8-9(5-6-15-8)13-10-7-11(14-4)12(10,2)3/h8-11,13H,5-7H2,1-4H3. The molecule has 2 rings (SSSR count). The summed E-state index contributed by atoms with van der Waals surface area (Å²) in [5, 5.41) is 4.60. The van der Waals surface area contributed by atoms with Gasteiger partial charge < -0.3 is 10.1 Å². The van der Waals surface area contributed by atoms with Crippen molar-refractivity contribution in [2.45, 2.75) is 57.1 Å². The lowest BCUT2D eigenvalue weighted by Crippen LogP contribution is -2.63. The van der Waals surface area contributed by atoms with Crippen LogP contribution >= 0.6 is 11.8 Å². The lowest BCUT2D eigenvalue weighted by atomic mass is 9.64. The van der Waals surface area contributed by atoms with E-state index in [0.717, 1.165) is 11.3 Å². The second-order valence-electron chi connectivity index (χ2n) is 5.47. The molecule has 1 aliphatic carbocycles. The third-order valence-corrected chi connectivity index (χ3v) is 5.58. The molecule has 1 saturated carbocycles. The van der Waals surface area contributed by atoms with Gasteiger partial charge in [0.1, 0.15) is 0 Å². The highest BCUT2D eigenvalue weighted by Gasteiger charge is 2.49. The third kappa shape index (κ3) is 2.06. The summed E-state index contributed by atoms with van der Waals surface area (Å²) in [6.07, 6.45) is 2.95. The number of hydrogen-bond acceptors (Lipinski definition) is 3. The van der Waals surface area contributed by atoms with Crippen molar-refractivity contribution in [3.8, 4) is 0 Å². The van der Waals surface area contributed by atoms with E-state index in [9.17, 15) is 0 Å². The zero-order chi connectivity index (χ0) is 11.1. The lowest BCUT2D eigenvalue weighted by molar-refractivity contribution is -0.100. The van der Waals surface area contributed by atoms with Gasteiger partial charge >= 0.3 is 0 Å². The quantitative estimate of drug-likeness (QED) is 0.802. The van der Waals surface area contributed by atoms with Crippen LogP contribution in [0.2, 0.25) is 0 Å². The Hall–Kier alpha value is 0.270. The summed E-state index contributed by atoms with van der Waals surface area (Å²) in [5.41, 5.74) is 0.307. The Balaban J connectivity index is 1.86. The first-order valence-corrected chi connectivity index (χ1v) is 7.01. The molecule has 0 radical (unpaired) electrons. The molecule has 4 unspecified atom stereocenters. The molecule has 88 valence electrons. The van der Waals surface area contributed by atoms with Crippen LogP contribution in [0.5, 0.6) is 0 Å². The highest BCUT2D eigenvalue weighted by molar-refractivity contribution is 8.00. The monoisotopic (exact) mass is 229 g/mol. The van der Waals surface area contributed by atoms with Crippen LogP contribution in [-0.4, -0.2) is 36.3 Å². The van der Waals surface area contributed by atoms with E-state index in [4.69, 9.17) is 4.74 Å².